The lowest BCUT2D eigenvalue weighted by Gasteiger charge is -2.42. The molecule has 2 heteroatoms. The third kappa shape index (κ3) is 23.8. The van der Waals surface area contributed by atoms with Crippen LogP contribution in [0.2, 0.25) is 12.6 Å². The van der Waals surface area contributed by atoms with Crippen LogP contribution in [0, 0.1) is 13.8 Å². The maximum absolute atomic E-state index is 2.39. The van der Waals surface area contributed by atoms with Gasteiger partial charge < -0.3 is 4.48 Å². The summed E-state index contributed by atoms with van der Waals surface area (Å²) in [4.78, 5) is 0. The summed E-state index contributed by atoms with van der Waals surface area (Å²) in [6.45, 7) is 24.2. The Labute approximate surface area is 353 Å². The Morgan fingerprint density at radius 1 is 0.304 bits per heavy atom. The van der Waals surface area contributed by atoms with Crippen LogP contribution in [-0.2, 0) is 0 Å². The predicted octanol–water partition coefficient (Wildman–Crippen LogP) is 16.7. The highest BCUT2D eigenvalue weighted by Crippen LogP contribution is 2.24. The molecule has 0 atom stereocenters. The molecule has 0 N–H and O–H groups in total. The van der Waals surface area contributed by atoms with Crippen LogP contribution < -0.4 is 10.9 Å². The Morgan fingerprint density at radius 2 is 0.536 bits per heavy atom. The molecule has 0 amide bonds. The zero-order valence-corrected chi connectivity index (χ0v) is 39.7. The number of nitrogens with zero attached hydrogens (tertiary/aromatic N) is 1. The minimum Gasteiger partial charge on any atom is -0.324 e. The molecule has 0 unspecified atom stereocenters. The number of benzene rings is 2. The van der Waals surface area contributed by atoms with Crippen molar-refractivity contribution < 1.29 is 4.48 Å². The zero-order chi connectivity index (χ0) is 41.0. The van der Waals surface area contributed by atoms with Gasteiger partial charge in [-0.2, -0.15) is 12.6 Å². The van der Waals surface area contributed by atoms with Crippen molar-refractivity contribution in [1.82, 2.24) is 0 Å². The minimum atomic E-state index is -0.640. The number of aryl methyl sites for hydroxylation is 2. The number of hydrogen-bond acceptors (Lipinski definition) is 0. The topological polar surface area (TPSA) is 0 Å². The smallest absolute Gasteiger partial charge is 0.0786 e. The third-order valence-corrected chi connectivity index (χ3v) is 13.5. The van der Waals surface area contributed by atoms with Crippen LogP contribution in [0.15, 0.2) is 48.5 Å². The van der Waals surface area contributed by atoms with E-state index < -0.39 is 6.15 Å². The van der Waals surface area contributed by atoms with Gasteiger partial charge in [-0.05, 0) is 65.2 Å². The van der Waals surface area contributed by atoms with E-state index in [2.05, 4.69) is 104 Å². The van der Waals surface area contributed by atoms with Gasteiger partial charge in [-0.25, -0.2) is 10.9 Å². The summed E-state index contributed by atoms with van der Waals surface area (Å²) in [6, 6.07) is 18.7. The fraction of sp³-hybridized carbons (Fsp3) is 0.778. The molecule has 0 aliphatic heterocycles. The van der Waals surface area contributed by atoms with Crippen LogP contribution in [0.3, 0.4) is 0 Å². The van der Waals surface area contributed by atoms with Gasteiger partial charge in [0.05, 0.1) is 32.3 Å². The Balaban J connectivity index is 0.000000593. The van der Waals surface area contributed by atoms with Gasteiger partial charge in [-0.1, -0.05) is 230 Å². The Morgan fingerprint density at radius 3 is 0.786 bits per heavy atom. The molecule has 0 aromatic heterocycles. The predicted molar refractivity (Wildman–Crippen MR) is 260 cm³/mol. The molecule has 0 bridgehead atoms. The van der Waals surface area contributed by atoms with Gasteiger partial charge in [-0.3, -0.25) is 0 Å². The van der Waals surface area contributed by atoms with Crippen molar-refractivity contribution >= 4 is 17.1 Å². The number of unbranched alkanes of at least 4 members (excludes halogenated alkanes) is 22. The highest BCUT2D eigenvalue weighted by Gasteiger charge is 2.27. The molecule has 0 spiro atoms. The zero-order valence-electron chi connectivity index (χ0n) is 39.7. The van der Waals surface area contributed by atoms with Gasteiger partial charge in [0, 0.05) is 0 Å². The van der Waals surface area contributed by atoms with Crippen molar-refractivity contribution in [2.45, 2.75) is 248 Å². The molecular formula is C54H100BN. The Kier molecular flexibility index (Phi) is 33.2. The molecular weight excluding hydrogens is 673 g/mol. The number of quaternary nitrogens is 1. The highest BCUT2D eigenvalue weighted by molar-refractivity contribution is 7.02. The summed E-state index contributed by atoms with van der Waals surface area (Å²) >= 11 is 0. The normalized spacial score (nSPS) is 11.9. The molecule has 0 aliphatic rings. The van der Waals surface area contributed by atoms with Crippen LogP contribution in [0.25, 0.3) is 0 Å². The second-order valence-electron chi connectivity index (χ2n) is 18.7. The van der Waals surface area contributed by atoms with Gasteiger partial charge >= 0.3 is 0 Å². The summed E-state index contributed by atoms with van der Waals surface area (Å²) in [5.41, 5.74) is 5.82. The molecule has 324 valence electrons. The third-order valence-electron chi connectivity index (χ3n) is 13.5. The summed E-state index contributed by atoms with van der Waals surface area (Å²) in [7, 11) is 0. The van der Waals surface area contributed by atoms with Crippen molar-refractivity contribution in [3.63, 3.8) is 0 Å². The lowest BCUT2D eigenvalue weighted by atomic mass is 9.15. The molecule has 2 aromatic rings. The van der Waals surface area contributed by atoms with Crippen LogP contribution in [0.1, 0.15) is 232 Å². The van der Waals surface area contributed by atoms with E-state index in [4.69, 9.17) is 0 Å². The first-order chi connectivity index (χ1) is 27.4. The van der Waals surface area contributed by atoms with Crippen LogP contribution in [-0.4, -0.2) is 36.8 Å². The molecule has 2 rings (SSSR count). The first kappa shape index (κ1) is 52.5. The number of hydrogen-bond donors (Lipinski definition) is 0. The quantitative estimate of drug-likeness (QED) is 0.0368. The van der Waals surface area contributed by atoms with E-state index in [1.54, 1.807) is 10.9 Å². The summed E-state index contributed by atoms with van der Waals surface area (Å²) in [5, 5.41) is 0. The molecule has 0 radical (unpaired) electrons. The molecule has 56 heavy (non-hydrogen) atoms. The standard InChI is InChI=1S/C32H68N.C22H32B/c1-5-9-13-17-21-25-29-33(30-26-22-18-14-10-6-2,31-27-23-19-15-11-7-3)32-28-24-20-16-12-8-4;1-5-7-17-23(18-8-6-2,21-13-9-19(3)10-14-21)22-15-11-20(4)12-16-22/h5-32H2,1-4H3;9-16H,5-8,17-18H2,1-4H3/q+1;-1. The van der Waals surface area contributed by atoms with E-state index in [9.17, 15) is 0 Å². The van der Waals surface area contributed by atoms with Gasteiger partial charge in [0.2, 0.25) is 0 Å². The molecule has 2 aromatic carbocycles. The first-order valence-electron chi connectivity index (χ1n) is 25.5. The van der Waals surface area contributed by atoms with E-state index in [1.807, 2.05) is 0 Å². The molecule has 0 saturated heterocycles. The van der Waals surface area contributed by atoms with Gasteiger partial charge in [0.1, 0.15) is 0 Å². The van der Waals surface area contributed by atoms with Gasteiger partial charge in [-0.15, -0.1) is 0 Å². The van der Waals surface area contributed by atoms with Crippen molar-refractivity contribution in [3.05, 3.63) is 59.7 Å². The van der Waals surface area contributed by atoms with Crippen LogP contribution >= 0.6 is 0 Å². The molecule has 0 aliphatic carbocycles. The molecule has 0 fully saturated rings. The van der Waals surface area contributed by atoms with Crippen molar-refractivity contribution in [2.24, 2.45) is 0 Å². The summed E-state index contributed by atoms with van der Waals surface area (Å²) in [6.07, 6.45) is 41.9. The lowest BCUT2D eigenvalue weighted by molar-refractivity contribution is -0.929. The number of rotatable bonds is 36. The SMILES string of the molecule is CCCCCCCC[N+](CCCCCCCC)(CCCCCCCC)CCCCCCCC.CCCC[B-](CCCC)(c1ccc(C)cc1)c1ccc(C)cc1. The largest absolute Gasteiger partial charge is 0.324 e. The van der Waals surface area contributed by atoms with E-state index >= 15 is 0 Å². The average Bonchev–Trinajstić information content (AvgIpc) is 3.21. The van der Waals surface area contributed by atoms with Crippen LogP contribution in [0.5, 0.6) is 0 Å². The maximum Gasteiger partial charge on any atom is 0.0786 e. The first-order valence-corrected chi connectivity index (χ1v) is 25.5. The second kappa shape index (κ2) is 35.4. The Hall–Kier alpha value is -1.54. The minimum absolute atomic E-state index is 0.640. The second-order valence-corrected chi connectivity index (χ2v) is 18.7. The molecule has 1 nitrogen and oxygen atoms in total. The maximum atomic E-state index is 2.39. The van der Waals surface area contributed by atoms with Crippen LogP contribution in [0.4, 0.5) is 0 Å². The van der Waals surface area contributed by atoms with Crippen molar-refractivity contribution in [2.75, 3.05) is 26.2 Å². The van der Waals surface area contributed by atoms with E-state index in [0.29, 0.717) is 0 Å². The van der Waals surface area contributed by atoms with Gasteiger partial charge in [0.25, 0.3) is 0 Å². The molecule has 0 saturated carbocycles. The van der Waals surface area contributed by atoms with Gasteiger partial charge in [0.15, 0.2) is 0 Å². The van der Waals surface area contributed by atoms with Crippen molar-refractivity contribution in [3.8, 4) is 0 Å². The van der Waals surface area contributed by atoms with E-state index in [0.717, 1.165) is 0 Å². The lowest BCUT2D eigenvalue weighted by Crippen LogP contribution is -2.58. The van der Waals surface area contributed by atoms with E-state index in [-0.39, 0.29) is 0 Å². The van der Waals surface area contributed by atoms with Crippen molar-refractivity contribution in [1.29, 1.82) is 0 Å². The Bertz CT molecular complexity index is 979. The fourth-order valence-corrected chi connectivity index (χ4v) is 9.56. The average molecular weight is 774 g/mol. The monoisotopic (exact) mass is 774 g/mol. The summed E-state index contributed by atoms with van der Waals surface area (Å²) in [5.74, 6) is 0. The summed E-state index contributed by atoms with van der Waals surface area (Å²) < 4.78 is 1.48. The highest BCUT2D eigenvalue weighted by atomic mass is 15.3. The molecule has 0 heterocycles. The van der Waals surface area contributed by atoms with E-state index in [1.165, 1.54) is 234 Å². The fourth-order valence-electron chi connectivity index (χ4n) is 9.56.